The molecule has 0 saturated heterocycles. The first kappa shape index (κ1) is 15.9. The van der Waals surface area contributed by atoms with Crippen molar-refractivity contribution in [1.29, 1.82) is 0 Å². The monoisotopic (exact) mass is 228 g/mol. The van der Waals surface area contributed by atoms with Gasteiger partial charge in [-0.05, 0) is 21.5 Å². The van der Waals surface area contributed by atoms with E-state index in [2.05, 4.69) is 0 Å². The lowest BCUT2D eigenvalue weighted by atomic mass is 10.7. The summed E-state index contributed by atoms with van der Waals surface area (Å²) in [5.74, 6) is 0. The van der Waals surface area contributed by atoms with Crippen LogP contribution in [-0.2, 0) is 0 Å². The molecule has 0 aliphatic rings. The van der Waals surface area contributed by atoms with Gasteiger partial charge in [0.25, 0.3) is 0 Å². The van der Waals surface area contributed by atoms with Crippen LogP contribution in [0.2, 0.25) is 0 Å². The second-order valence-corrected chi connectivity index (χ2v) is 3.22. The molecular weight excluding hydrogens is 208 g/mol. The molecule has 0 aliphatic heterocycles. The van der Waals surface area contributed by atoms with Crippen molar-refractivity contribution in [3.05, 3.63) is 45.8 Å². The fraction of sp³-hybridized carbons (Fsp3) is 0.333. The van der Waals surface area contributed by atoms with E-state index in [-0.39, 0.29) is 0 Å². The number of hydrogen-bond donors (Lipinski definition) is 0. The van der Waals surface area contributed by atoms with E-state index in [1.807, 2.05) is 73.5 Å². The summed E-state index contributed by atoms with van der Waals surface area (Å²) in [6.07, 6.45) is 0. The third-order valence-corrected chi connectivity index (χ3v) is 2.11. The van der Waals surface area contributed by atoms with Gasteiger partial charge in [-0.1, -0.05) is 52.0 Å². The van der Waals surface area contributed by atoms with Crippen LogP contribution in [0, 0.1) is 0 Å². The molecule has 0 aliphatic carbocycles. The minimum atomic E-state index is 1.71. The van der Waals surface area contributed by atoms with Crippen LogP contribution in [0.1, 0.15) is 27.7 Å². The molecule has 0 fully saturated rings. The highest BCUT2D eigenvalue weighted by atomic mass is 32.1. The summed E-state index contributed by atoms with van der Waals surface area (Å²) in [7, 11) is 0. The Bertz CT molecular complexity index is 148. The molecule has 2 aromatic heterocycles. The van der Waals surface area contributed by atoms with E-state index in [9.17, 15) is 0 Å². The molecule has 0 bridgehead atoms. The lowest BCUT2D eigenvalue weighted by Gasteiger charge is -1.39. The minimum absolute atomic E-state index is 1.71. The standard InChI is InChI=1S/2C4H4S.2C2H6/c2*1-2-4-5-3-1;2*1-2/h2*1-4H;2*1-2H3. The molecule has 0 nitrogen and oxygen atoms in total. The van der Waals surface area contributed by atoms with Gasteiger partial charge in [-0.15, -0.1) is 0 Å². The highest BCUT2D eigenvalue weighted by Crippen LogP contribution is 1.92. The average Bonchev–Trinajstić information content (AvgIpc) is 3.01. The lowest BCUT2D eigenvalue weighted by molar-refractivity contribution is 1.50. The summed E-state index contributed by atoms with van der Waals surface area (Å²) in [6.45, 7) is 8.00. The molecule has 0 atom stereocenters. The van der Waals surface area contributed by atoms with E-state index in [0.717, 1.165) is 0 Å². The first-order chi connectivity index (χ1) is 7.00. The minimum Gasteiger partial charge on any atom is -0.152 e. The van der Waals surface area contributed by atoms with Crippen LogP contribution >= 0.6 is 22.7 Å². The normalized spacial score (nSPS) is 6.57. The van der Waals surface area contributed by atoms with Crippen molar-refractivity contribution in [2.75, 3.05) is 0 Å². The molecule has 0 amide bonds. The van der Waals surface area contributed by atoms with Gasteiger partial charge in [0, 0.05) is 0 Å². The Morgan fingerprint density at radius 2 is 0.714 bits per heavy atom. The molecule has 0 unspecified atom stereocenters. The maximum atomic E-state index is 2.04. The summed E-state index contributed by atoms with van der Waals surface area (Å²) in [5, 5.41) is 8.17. The van der Waals surface area contributed by atoms with Gasteiger partial charge in [-0.2, -0.15) is 22.7 Å². The second-order valence-electron chi connectivity index (χ2n) is 1.59. The van der Waals surface area contributed by atoms with Gasteiger partial charge in [0.05, 0.1) is 0 Å². The molecule has 2 aromatic rings. The maximum Gasteiger partial charge on any atom is -0.00934 e. The zero-order chi connectivity index (χ0) is 11.1. The van der Waals surface area contributed by atoms with Crippen LogP contribution in [0.5, 0.6) is 0 Å². The van der Waals surface area contributed by atoms with Gasteiger partial charge in [0.15, 0.2) is 0 Å². The van der Waals surface area contributed by atoms with E-state index in [4.69, 9.17) is 0 Å². The fourth-order valence-electron chi connectivity index (χ4n) is 0.454. The zero-order valence-electron chi connectivity index (χ0n) is 9.44. The SMILES string of the molecule is CC.CC.c1ccsc1.c1ccsc1. The van der Waals surface area contributed by atoms with Gasteiger partial charge in [-0.25, -0.2) is 0 Å². The van der Waals surface area contributed by atoms with Crippen molar-refractivity contribution >= 4 is 22.7 Å². The molecule has 14 heavy (non-hydrogen) atoms. The Morgan fingerprint density at radius 3 is 0.786 bits per heavy atom. The predicted octanol–water partition coefficient (Wildman–Crippen LogP) is 5.55. The van der Waals surface area contributed by atoms with Gasteiger partial charge in [-0.3, -0.25) is 0 Å². The van der Waals surface area contributed by atoms with Gasteiger partial charge in [0.2, 0.25) is 0 Å². The largest absolute Gasteiger partial charge is 0.152 e. The third-order valence-electron chi connectivity index (χ3n) is 0.851. The van der Waals surface area contributed by atoms with Crippen LogP contribution < -0.4 is 0 Å². The quantitative estimate of drug-likeness (QED) is 0.554. The summed E-state index contributed by atoms with van der Waals surface area (Å²) in [6, 6.07) is 8.07. The van der Waals surface area contributed by atoms with Crippen LogP contribution in [0.4, 0.5) is 0 Å². The van der Waals surface area contributed by atoms with Crippen molar-refractivity contribution in [3.63, 3.8) is 0 Å². The molecule has 2 rings (SSSR count). The van der Waals surface area contributed by atoms with E-state index < -0.39 is 0 Å². The molecule has 0 spiro atoms. The first-order valence-corrected chi connectivity index (χ1v) is 6.83. The van der Waals surface area contributed by atoms with E-state index in [1.54, 1.807) is 22.7 Å². The topological polar surface area (TPSA) is 0 Å². The van der Waals surface area contributed by atoms with Crippen LogP contribution in [0.25, 0.3) is 0 Å². The van der Waals surface area contributed by atoms with Crippen molar-refractivity contribution in [3.8, 4) is 0 Å². The van der Waals surface area contributed by atoms with Crippen molar-refractivity contribution in [2.24, 2.45) is 0 Å². The summed E-state index contributed by atoms with van der Waals surface area (Å²) >= 11 is 3.43. The Morgan fingerprint density at radius 1 is 0.500 bits per heavy atom. The molecule has 0 N–H and O–H groups in total. The fourth-order valence-corrected chi connectivity index (χ4v) is 1.36. The maximum absolute atomic E-state index is 2.04. The molecular formula is C12H20S2. The average molecular weight is 228 g/mol. The van der Waals surface area contributed by atoms with Crippen LogP contribution in [0.3, 0.4) is 0 Å². The summed E-state index contributed by atoms with van der Waals surface area (Å²) in [4.78, 5) is 0. The van der Waals surface area contributed by atoms with Gasteiger partial charge >= 0.3 is 0 Å². The van der Waals surface area contributed by atoms with Crippen molar-refractivity contribution < 1.29 is 0 Å². The lowest BCUT2D eigenvalue weighted by Crippen LogP contribution is -1.16. The first-order valence-electron chi connectivity index (χ1n) is 4.94. The van der Waals surface area contributed by atoms with E-state index in [0.29, 0.717) is 0 Å². The number of hydrogen-bond acceptors (Lipinski definition) is 2. The Kier molecular flexibility index (Phi) is 20.7. The predicted molar refractivity (Wildman–Crippen MR) is 71.3 cm³/mol. The molecule has 2 heteroatoms. The number of thiophene rings is 2. The highest BCUT2D eigenvalue weighted by Gasteiger charge is 1.59. The molecule has 80 valence electrons. The Balaban J connectivity index is 0. The third kappa shape index (κ3) is 14.0. The smallest absolute Gasteiger partial charge is 0.00934 e. The summed E-state index contributed by atoms with van der Waals surface area (Å²) in [5.41, 5.74) is 0. The zero-order valence-corrected chi connectivity index (χ0v) is 11.1. The van der Waals surface area contributed by atoms with Crippen molar-refractivity contribution in [1.82, 2.24) is 0 Å². The van der Waals surface area contributed by atoms with E-state index in [1.165, 1.54) is 0 Å². The van der Waals surface area contributed by atoms with Gasteiger partial charge < -0.3 is 0 Å². The molecule has 0 radical (unpaired) electrons. The Hall–Kier alpha value is -0.600. The van der Waals surface area contributed by atoms with Gasteiger partial charge in [0.1, 0.15) is 0 Å². The van der Waals surface area contributed by atoms with Crippen LogP contribution in [0.15, 0.2) is 45.8 Å². The van der Waals surface area contributed by atoms with E-state index >= 15 is 0 Å². The molecule has 0 aromatic carbocycles. The summed E-state index contributed by atoms with van der Waals surface area (Å²) < 4.78 is 0. The van der Waals surface area contributed by atoms with Crippen LogP contribution in [-0.4, -0.2) is 0 Å². The second kappa shape index (κ2) is 18.2. The molecule has 2 heterocycles. The molecule has 0 saturated carbocycles. The highest BCUT2D eigenvalue weighted by molar-refractivity contribution is 7.08. The number of rotatable bonds is 0. The van der Waals surface area contributed by atoms with Crippen molar-refractivity contribution in [2.45, 2.75) is 27.7 Å². The Labute approximate surface area is 96.2 Å².